The summed E-state index contributed by atoms with van der Waals surface area (Å²) in [5.41, 5.74) is 0. The van der Waals surface area contributed by atoms with E-state index in [1.54, 1.807) is 0 Å². The van der Waals surface area contributed by atoms with Gasteiger partial charge < -0.3 is 14.8 Å². The van der Waals surface area contributed by atoms with Crippen LogP contribution in [-0.4, -0.2) is 52.3 Å². The SMILES string of the molecule is O=C(CCNS(=O)(=O)c1cccc(F)c1)N[C@@H]1CC[C@@H]2OCCO[C@H]2C1. The summed E-state index contributed by atoms with van der Waals surface area (Å²) >= 11 is 0. The molecular weight excluding hydrogens is 363 g/mol. The Kier molecular flexibility index (Phi) is 6.23. The number of nitrogens with one attached hydrogen (secondary N) is 2. The molecule has 3 atom stereocenters. The van der Waals surface area contributed by atoms with Gasteiger partial charge in [0.15, 0.2) is 0 Å². The van der Waals surface area contributed by atoms with Crippen molar-refractivity contribution in [2.24, 2.45) is 0 Å². The van der Waals surface area contributed by atoms with Crippen LogP contribution in [-0.2, 0) is 24.3 Å². The molecule has 0 unspecified atom stereocenters. The molecule has 1 aromatic carbocycles. The number of halogens is 1. The highest BCUT2D eigenvalue weighted by Crippen LogP contribution is 2.26. The lowest BCUT2D eigenvalue weighted by Crippen LogP contribution is -2.49. The fourth-order valence-corrected chi connectivity index (χ4v) is 4.38. The van der Waals surface area contributed by atoms with Crippen molar-refractivity contribution in [1.82, 2.24) is 10.0 Å². The normalized spacial score (nSPS) is 26.1. The summed E-state index contributed by atoms with van der Waals surface area (Å²) in [7, 11) is -3.83. The molecule has 1 saturated carbocycles. The van der Waals surface area contributed by atoms with E-state index in [4.69, 9.17) is 9.47 Å². The number of carbonyl (C=O) groups excluding carboxylic acids is 1. The highest BCUT2D eigenvalue weighted by molar-refractivity contribution is 7.89. The molecule has 1 aromatic rings. The molecule has 1 heterocycles. The Labute approximate surface area is 152 Å². The molecule has 26 heavy (non-hydrogen) atoms. The number of rotatable bonds is 6. The molecule has 1 amide bonds. The van der Waals surface area contributed by atoms with Gasteiger partial charge in [0, 0.05) is 19.0 Å². The Morgan fingerprint density at radius 3 is 2.73 bits per heavy atom. The number of amides is 1. The van der Waals surface area contributed by atoms with Gasteiger partial charge in [0.2, 0.25) is 15.9 Å². The Balaban J connectivity index is 1.43. The van der Waals surface area contributed by atoms with Crippen LogP contribution in [0.5, 0.6) is 0 Å². The van der Waals surface area contributed by atoms with Gasteiger partial charge in [-0.25, -0.2) is 17.5 Å². The number of sulfonamides is 1. The van der Waals surface area contributed by atoms with Crippen molar-refractivity contribution in [2.75, 3.05) is 19.8 Å². The summed E-state index contributed by atoms with van der Waals surface area (Å²) in [6, 6.07) is 4.74. The molecule has 0 spiro atoms. The van der Waals surface area contributed by atoms with Crippen molar-refractivity contribution in [3.8, 4) is 0 Å². The molecule has 9 heteroatoms. The topological polar surface area (TPSA) is 93.7 Å². The number of ether oxygens (including phenoxy) is 2. The van der Waals surface area contributed by atoms with Crippen LogP contribution in [0.2, 0.25) is 0 Å². The number of hydrogen-bond acceptors (Lipinski definition) is 5. The first kappa shape index (κ1) is 19.2. The maximum atomic E-state index is 13.2. The number of hydrogen-bond donors (Lipinski definition) is 2. The van der Waals surface area contributed by atoms with Gasteiger partial charge >= 0.3 is 0 Å². The lowest BCUT2D eigenvalue weighted by Gasteiger charge is -2.39. The first-order valence-corrected chi connectivity index (χ1v) is 10.2. The van der Waals surface area contributed by atoms with Crippen LogP contribution in [0.3, 0.4) is 0 Å². The fraction of sp³-hybridized carbons (Fsp3) is 0.588. The van der Waals surface area contributed by atoms with Crippen LogP contribution in [0.4, 0.5) is 4.39 Å². The molecule has 3 rings (SSSR count). The van der Waals surface area contributed by atoms with Crippen molar-refractivity contribution < 1.29 is 27.1 Å². The second-order valence-electron chi connectivity index (χ2n) is 6.50. The van der Waals surface area contributed by atoms with Crippen LogP contribution in [0, 0.1) is 5.82 Å². The molecule has 2 fully saturated rings. The molecule has 1 aliphatic carbocycles. The maximum Gasteiger partial charge on any atom is 0.240 e. The first-order valence-electron chi connectivity index (χ1n) is 8.72. The molecule has 0 radical (unpaired) electrons. The van der Waals surface area contributed by atoms with E-state index in [0.717, 1.165) is 18.9 Å². The minimum atomic E-state index is -3.83. The summed E-state index contributed by atoms with van der Waals surface area (Å²) in [5, 5.41) is 2.92. The zero-order valence-electron chi connectivity index (χ0n) is 14.3. The summed E-state index contributed by atoms with van der Waals surface area (Å²) < 4.78 is 50.9. The molecule has 1 aliphatic heterocycles. The van der Waals surface area contributed by atoms with Crippen LogP contribution in [0.1, 0.15) is 25.7 Å². The molecule has 2 N–H and O–H groups in total. The van der Waals surface area contributed by atoms with Gasteiger partial charge in [-0.3, -0.25) is 4.79 Å². The van der Waals surface area contributed by atoms with Gasteiger partial charge in [-0.2, -0.15) is 0 Å². The fourth-order valence-electron chi connectivity index (χ4n) is 3.31. The van der Waals surface area contributed by atoms with E-state index in [1.807, 2.05) is 0 Å². The second kappa shape index (κ2) is 8.43. The minimum Gasteiger partial charge on any atom is -0.373 e. The third-order valence-electron chi connectivity index (χ3n) is 4.59. The van der Waals surface area contributed by atoms with Gasteiger partial charge in [-0.15, -0.1) is 0 Å². The Morgan fingerprint density at radius 1 is 1.19 bits per heavy atom. The largest absolute Gasteiger partial charge is 0.373 e. The van der Waals surface area contributed by atoms with E-state index in [0.29, 0.717) is 19.6 Å². The van der Waals surface area contributed by atoms with Crippen LogP contribution in [0.25, 0.3) is 0 Å². The van der Waals surface area contributed by atoms with Crippen LogP contribution < -0.4 is 10.0 Å². The molecular formula is C17H23FN2O5S. The van der Waals surface area contributed by atoms with Crippen molar-refractivity contribution in [3.05, 3.63) is 30.1 Å². The van der Waals surface area contributed by atoms with Crippen LogP contribution >= 0.6 is 0 Å². The molecule has 0 aromatic heterocycles. The summed E-state index contributed by atoms with van der Waals surface area (Å²) in [4.78, 5) is 11.9. The van der Waals surface area contributed by atoms with Crippen molar-refractivity contribution in [3.63, 3.8) is 0 Å². The van der Waals surface area contributed by atoms with Gasteiger partial charge in [0.1, 0.15) is 5.82 Å². The molecule has 0 bridgehead atoms. The average molecular weight is 386 g/mol. The highest BCUT2D eigenvalue weighted by Gasteiger charge is 2.34. The first-order chi connectivity index (χ1) is 12.4. The van der Waals surface area contributed by atoms with E-state index in [9.17, 15) is 17.6 Å². The van der Waals surface area contributed by atoms with Gasteiger partial charge in [-0.1, -0.05) is 6.07 Å². The smallest absolute Gasteiger partial charge is 0.240 e. The summed E-state index contributed by atoms with van der Waals surface area (Å²) in [5.74, 6) is -0.859. The predicted octanol–water partition coefficient (Wildman–Crippen LogP) is 0.947. The van der Waals surface area contributed by atoms with E-state index in [1.165, 1.54) is 18.2 Å². The Hall–Kier alpha value is -1.55. The van der Waals surface area contributed by atoms with E-state index in [2.05, 4.69) is 10.0 Å². The van der Waals surface area contributed by atoms with Crippen molar-refractivity contribution in [1.29, 1.82) is 0 Å². The average Bonchev–Trinajstić information content (AvgIpc) is 2.61. The number of benzene rings is 1. The Morgan fingerprint density at radius 2 is 1.96 bits per heavy atom. The Bertz CT molecular complexity index is 742. The predicted molar refractivity (Wildman–Crippen MR) is 91.5 cm³/mol. The summed E-state index contributed by atoms with van der Waals surface area (Å²) in [6.07, 6.45) is 2.47. The number of fused-ring (bicyclic) bond motifs is 1. The van der Waals surface area contributed by atoms with E-state index < -0.39 is 15.8 Å². The third kappa shape index (κ3) is 5.00. The minimum absolute atomic E-state index is 0.00489. The third-order valence-corrected chi connectivity index (χ3v) is 6.05. The molecule has 1 saturated heterocycles. The standard InChI is InChI=1S/C17H23FN2O5S/c18-12-2-1-3-14(10-12)26(22,23)19-7-6-17(21)20-13-4-5-15-16(11-13)25-9-8-24-15/h1-3,10,13,15-16,19H,4-9,11H2,(H,20,21)/t13-,15+,16+/m1/s1. The molecule has 144 valence electrons. The van der Waals surface area contributed by atoms with Gasteiger partial charge in [-0.05, 0) is 37.5 Å². The van der Waals surface area contributed by atoms with E-state index in [-0.39, 0.29) is 42.0 Å². The van der Waals surface area contributed by atoms with Crippen molar-refractivity contribution in [2.45, 2.75) is 48.8 Å². The maximum absolute atomic E-state index is 13.2. The van der Waals surface area contributed by atoms with Crippen molar-refractivity contribution >= 4 is 15.9 Å². The highest BCUT2D eigenvalue weighted by atomic mass is 32.2. The molecule has 7 nitrogen and oxygen atoms in total. The summed E-state index contributed by atoms with van der Waals surface area (Å²) in [6.45, 7) is 1.14. The lowest BCUT2D eigenvalue weighted by atomic mass is 9.89. The zero-order valence-corrected chi connectivity index (χ0v) is 15.1. The van der Waals surface area contributed by atoms with Gasteiger partial charge in [0.05, 0.1) is 30.3 Å². The zero-order chi connectivity index (χ0) is 18.6. The quantitative estimate of drug-likeness (QED) is 0.759. The van der Waals surface area contributed by atoms with Crippen LogP contribution in [0.15, 0.2) is 29.2 Å². The molecule has 2 aliphatic rings. The van der Waals surface area contributed by atoms with Gasteiger partial charge in [0.25, 0.3) is 0 Å². The van der Waals surface area contributed by atoms with E-state index >= 15 is 0 Å². The second-order valence-corrected chi connectivity index (χ2v) is 8.27. The monoisotopic (exact) mass is 386 g/mol. The number of carbonyl (C=O) groups is 1. The lowest BCUT2D eigenvalue weighted by molar-refractivity contribution is -0.158.